The first-order chi connectivity index (χ1) is 6.70. The first-order valence-electron chi connectivity index (χ1n) is 5.99. The number of hydrogen-bond donors (Lipinski definition) is 1. The topological polar surface area (TPSA) is 29.5 Å². The smallest absolute Gasteiger partial charge is 0.192 e. The molecule has 15 heavy (non-hydrogen) atoms. The van der Waals surface area contributed by atoms with Crippen LogP contribution in [-0.4, -0.2) is 26.1 Å². The third kappa shape index (κ3) is 5.69. The van der Waals surface area contributed by atoms with Crippen LogP contribution in [-0.2, 0) is 4.43 Å². The number of rotatable bonds is 6. The Labute approximate surface area is 96.2 Å². The van der Waals surface area contributed by atoms with Gasteiger partial charge >= 0.3 is 0 Å². The zero-order valence-electron chi connectivity index (χ0n) is 11.3. The second kappa shape index (κ2) is 6.02. The largest absolute Gasteiger partial charge is 0.414 e. The van der Waals surface area contributed by atoms with Gasteiger partial charge in [0.25, 0.3) is 0 Å². The molecule has 0 rings (SSSR count). The van der Waals surface area contributed by atoms with E-state index in [1.54, 1.807) is 0 Å². The van der Waals surface area contributed by atoms with Gasteiger partial charge in [0.05, 0.1) is 0 Å². The highest BCUT2D eigenvalue weighted by atomic mass is 28.4. The van der Waals surface area contributed by atoms with Crippen LogP contribution in [0.25, 0.3) is 0 Å². The second-order valence-electron chi connectivity index (χ2n) is 5.91. The van der Waals surface area contributed by atoms with Crippen molar-refractivity contribution < 1.29 is 9.53 Å². The summed E-state index contributed by atoms with van der Waals surface area (Å²) < 4.78 is 6.21. The summed E-state index contributed by atoms with van der Waals surface area (Å²) in [5, 5.41) is 9.00. The van der Waals surface area contributed by atoms with E-state index < -0.39 is 8.32 Å². The second-order valence-corrected chi connectivity index (χ2v) is 10.7. The van der Waals surface area contributed by atoms with E-state index in [4.69, 9.17) is 9.53 Å². The lowest BCUT2D eigenvalue weighted by atomic mass is 10.2. The summed E-state index contributed by atoms with van der Waals surface area (Å²) in [6, 6.07) is 0. The quantitative estimate of drug-likeness (QED) is 0.560. The number of aliphatic hydroxyl groups is 1. The highest BCUT2D eigenvalue weighted by Gasteiger charge is 2.38. The Bertz CT molecular complexity index is 173. The molecule has 1 N–H and O–H groups in total. The molecule has 0 heterocycles. The van der Waals surface area contributed by atoms with Crippen molar-refractivity contribution in [2.45, 2.75) is 71.2 Å². The summed E-state index contributed by atoms with van der Waals surface area (Å²) in [4.78, 5) is 0. The molecule has 0 amide bonds. The van der Waals surface area contributed by atoms with Crippen LogP contribution in [0.3, 0.4) is 0 Å². The SMILES string of the molecule is CC(CCCCO)O[Si](C)(C)C(C)(C)C. The van der Waals surface area contributed by atoms with Crippen LogP contribution in [0.5, 0.6) is 0 Å². The van der Waals surface area contributed by atoms with E-state index in [2.05, 4.69) is 40.8 Å². The Morgan fingerprint density at radius 3 is 2.13 bits per heavy atom. The van der Waals surface area contributed by atoms with Crippen molar-refractivity contribution in [1.82, 2.24) is 0 Å². The molecule has 0 saturated heterocycles. The number of aliphatic hydroxyl groups excluding tert-OH is 1. The standard InChI is InChI=1S/C12H28O2Si/c1-11(9-7-8-10-13)14-15(5,6)12(2,3)4/h11,13H,7-10H2,1-6H3. The molecule has 0 bridgehead atoms. The molecule has 92 valence electrons. The minimum absolute atomic E-state index is 0.290. The Kier molecular flexibility index (Phi) is 6.07. The van der Waals surface area contributed by atoms with E-state index in [1.165, 1.54) is 0 Å². The van der Waals surface area contributed by atoms with E-state index in [-0.39, 0.29) is 5.04 Å². The van der Waals surface area contributed by atoms with E-state index in [1.807, 2.05) is 0 Å². The van der Waals surface area contributed by atoms with Gasteiger partial charge in [0.2, 0.25) is 0 Å². The first kappa shape index (κ1) is 15.1. The molecule has 0 aromatic heterocycles. The lowest BCUT2D eigenvalue weighted by molar-refractivity contribution is 0.180. The Morgan fingerprint density at radius 1 is 1.20 bits per heavy atom. The van der Waals surface area contributed by atoms with E-state index in [0.717, 1.165) is 19.3 Å². The summed E-state index contributed by atoms with van der Waals surface area (Å²) in [7, 11) is -1.59. The molecule has 1 atom stereocenters. The average Bonchev–Trinajstić information content (AvgIpc) is 2.01. The van der Waals surface area contributed by atoms with Gasteiger partial charge in [-0.2, -0.15) is 0 Å². The van der Waals surface area contributed by atoms with E-state index >= 15 is 0 Å². The van der Waals surface area contributed by atoms with Crippen molar-refractivity contribution in [3.05, 3.63) is 0 Å². The van der Waals surface area contributed by atoms with Crippen LogP contribution in [0.15, 0.2) is 0 Å². The molecule has 0 saturated carbocycles. The fourth-order valence-electron chi connectivity index (χ4n) is 1.28. The zero-order valence-corrected chi connectivity index (χ0v) is 12.3. The van der Waals surface area contributed by atoms with Crippen LogP contribution in [0.2, 0.25) is 18.1 Å². The summed E-state index contributed by atoms with van der Waals surface area (Å²) in [6.45, 7) is 13.8. The highest BCUT2D eigenvalue weighted by molar-refractivity contribution is 6.74. The molecule has 0 aliphatic heterocycles. The molecule has 0 aromatic rings. The van der Waals surface area contributed by atoms with Crippen LogP contribution in [0.4, 0.5) is 0 Å². The maximum Gasteiger partial charge on any atom is 0.192 e. The van der Waals surface area contributed by atoms with Gasteiger partial charge in [-0.3, -0.25) is 0 Å². The van der Waals surface area contributed by atoms with Gasteiger partial charge in [-0.1, -0.05) is 20.8 Å². The van der Waals surface area contributed by atoms with Crippen LogP contribution in [0.1, 0.15) is 47.0 Å². The summed E-state index contributed by atoms with van der Waals surface area (Å²) >= 11 is 0. The van der Waals surface area contributed by atoms with Gasteiger partial charge in [-0.05, 0) is 44.3 Å². The minimum atomic E-state index is -1.59. The molecular weight excluding hydrogens is 204 g/mol. The monoisotopic (exact) mass is 232 g/mol. The van der Waals surface area contributed by atoms with Crippen molar-refractivity contribution >= 4 is 8.32 Å². The minimum Gasteiger partial charge on any atom is -0.414 e. The van der Waals surface area contributed by atoms with Gasteiger partial charge in [0.1, 0.15) is 0 Å². The maximum absolute atomic E-state index is 8.71. The third-order valence-corrected chi connectivity index (χ3v) is 7.92. The van der Waals surface area contributed by atoms with Gasteiger partial charge in [-0.25, -0.2) is 0 Å². The fraction of sp³-hybridized carbons (Fsp3) is 1.00. The lowest BCUT2D eigenvalue weighted by Crippen LogP contribution is -2.43. The average molecular weight is 232 g/mol. The first-order valence-corrected chi connectivity index (χ1v) is 8.90. The lowest BCUT2D eigenvalue weighted by Gasteiger charge is -2.38. The predicted molar refractivity (Wildman–Crippen MR) is 68.7 cm³/mol. The molecule has 2 nitrogen and oxygen atoms in total. The predicted octanol–water partition coefficient (Wildman–Crippen LogP) is 3.56. The number of unbranched alkanes of at least 4 members (excludes halogenated alkanes) is 1. The molecular formula is C12H28O2Si. The molecule has 0 radical (unpaired) electrons. The van der Waals surface area contributed by atoms with Crippen LogP contribution < -0.4 is 0 Å². The Hall–Kier alpha value is 0.137. The van der Waals surface area contributed by atoms with Crippen molar-refractivity contribution in [1.29, 1.82) is 0 Å². The van der Waals surface area contributed by atoms with E-state index in [0.29, 0.717) is 12.7 Å². The van der Waals surface area contributed by atoms with Crippen molar-refractivity contribution in [3.8, 4) is 0 Å². The van der Waals surface area contributed by atoms with Crippen LogP contribution in [0, 0.1) is 0 Å². The van der Waals surface area contributed by atoms with Gasteiger partial charge in [-0.15, -0.1) is 0 Å². The molecule has 0 fully saturated rings. The van der Waals surface area contributed by atoms with Gasteiger partial charge in [0.15, 0.2) is 8.32 Å². The maximum atomic E-state index is 8.71. The normalized spacial score (nSPS) is 15.4. The van der Waals surface area contributed by atoms with Crippen molar-refractivity contribution in [3.63, 3.8) is 0 Å². The molecule has 1 unspecified atom stereocenters. The van der Waals surface area contributed by atoms with Crippen molar-refractivity contribution in [2.24, 2.45) is 0 Å². The number of hydrogen-bond acceptors (Lipinski definition) is 2. The third-order valence-electron chi connectivity index (χ3n) is 3.32. The molecule has 0 aliphatic carbocycles. The summed E-state index contributed by atoms with van der Waals surface area (Å²) in [6.07, 6.45) is 3.35. The summed E-state index contributed by atoms with van der Waals surface area (Å²) in [5.74, 6) is 0. The van der Waals surface area contributed by atoms with E-state index in [9.17, 15) is 0 Å². The van der Waals surface area contributed by atoms with Crippen LogP contribution >= 0.6 is 0 Å². The molecule has 0 aliphatic rings. The van der Waals surface area contributed by atoms with Gasteiger partial charge in [0, 0.05) is 12.7 Å². The molecule has 3 heteroatoms. The highest BCUT2D eigenvalue weighted by Crippen LogP contribution is 2.37. The summed E-state index contributed by atoms with van der Waals surface area (Å²) in [5.41, 5.74) is 0. The Morgan fingerprint density at radius 2 is 1.73 bits per heavy atom. The zero-order chi connectivity index (χ0) is 12.1. The Balaban J connectivity index is 3.99. The van der Waals surface area contributed by atoms with Gasteiger partial charge < -0.3 is 9.53 Å². The molecule has 0 aromatic carbocycles. The fourth-order valence-corrected chi connectivity index (χ4v) is 2.76. The molecule has 0 spiro atoms. The van der Waals surface area contributed by atoms with Crippen molar-refractivity contribution in [2.75, 3.05) is 6.61 Å².